The highest BCUT2D eigenvalue weighted by Crippen LogP contribution is 2.32. The van der Waals surface area contributed by atoms with Gasteiger partial charge in [-0.1, -0.05) is 29.5 Å². The Balaban J connectivity index is 1.61. The van der Waals surface area contributed by atoms with E-state index in [4.69, 9.17) is 9.15 Å². The Bertz CT molecular complexity index is 1150. The Morgan fingerprint density at radius 2 is 1.88 bits per heavy atom. The third-order valence-electron chi connectivity index (χ3n) is 3.98. The number of aromatic nitrogens is 4. The third-order valence-corrected chi connectivity index (χ3v) is 4.89. The molecule has 0 aliphatic heterocycles. The fourth-order valence-electron chi connectivity index (χ4n) is 2.72. The van der Waals surface area contributed by atoms with Crippen LogP contribution in [0.4, 0.5) is 0 Å². The molecule has 5 aromatic rings. The van der Waals surface area contributed by atoms with Gasteiger partial charge in [0.15, 0.2) is 16.6 Å². The summed E-state index contributed by atoms with van der Waals surface area (Å²) in [6, 6.07) is 17.6. The maximum atomic E-state index is 5.90. The fraction of sp³-hybridized carbons (Fsp3) is 0.0556. The van der Waals surface area contributed by atoms with Gasteiger partial charge in [-0.15, -0.1) is 15.3 Å². The average Bonchev–Trinajstić information content (AvgIpc) is 3.34. The van der Waals surface area contributed by atoms with E-state index in [0.717, 1.165) is 38.0 Å². The van der Waals surface area contributed by atoms with Crippen molar-refractivity contribution in [1.29, 1.82) is 0 Å². The summed E-state index contributed by atoms with van der Waals surface area (Å²) in [6.07, 6.45) is 0. The summed E-state index contributed by atoms with van der Waals surface area (Å²) in [7, 11) is 1.64. The van der Waals surface area contributed by atoms with Crippen LogP contribution in [0.3, 0.4) is 0 Å². The van der Waals surface area contributed by atoms with Crippen molar-refractivity contribution in [3.8, 4) is 27.9 Å². The molecular weight excluding hydrogens is 336 g/mol. The smallest absolute Gasteiger partial charge is 0.235 e. The predicted molar refractivity (Wildman–Crippen MR) is 95.9 cm³/mol. The van der Waals surface area contributed by atoms with Gasteiger partial charge in [-0.3, -0.25) is 0 Å². The van der Waals surface area contributed by atoms with Crippen molar-refractivity contribution in [2.24, 2.45) is 0 Å². The highest BCUT2D eigenvalue weighted by Gasteiger charge is 2.17. The second kappa shape index (κ2) is 5.42. The van der Waals surface area contributed by atoms with Crippen molar-refractivity contribution in [3.63, 3.8) is 0 Å². The van der Waals surface area contributed by atoms with E-state index in [1.54, 1.807) is 11.6 Å². The lowest BCUT2D eigenvalue weighted by molar-refractivity contribution is 0.415. The lowest BCUT2D eigenvalue weighted by Gasteiger charge is -2.00. The number of ether oxygens (including phenoxy) is 1. The highest BCUT2D eigenvalue weighted by atomic mass is 32.1. The second-order valence-electron chi connectivity index (χ2n) is 5.50. The molecule has 25 heavy (non-hydrogen) atoms. The summed E-state index contributed by atoms with van der Waals surface area (Å²) in [5, 5.41) is 15.0. The number of para-hydroxylation sites is 1. The zero-order valence-electron chi connectivity index (χ0n) is 13.2. The third kappa shape index (κ3) is 2.28. The molecule has 7 heteroatoms. The van der Waals surface area contributed by atoms with Gasteiger partial charge in [-0.2, -0.15) is 4.52 Å². The van der Waals surface area contributed by atoms with Crippen molar-refractivity contribution in [2.45, 2.75) is 0 Å². The number of nitrogens with zero attached hydrogens (tertiary/aromatic N) is 4. The van der Waals surface area contributed by atoms with Crippen molar-refractivity contribution in [3.05, 3.63) is 54.6 Å². The number of hydrogen-bond donors (Lipinski definition) is 0. The van der Waals surface area contributed by atoms with Gasteiger partial charge in [-0.25, -0.2) is 0 Å². The number of fused-ring (bicyclic) bond motifs is 2. The van der Waals surface area contributed by atoms with Crippen LogP contribution >= 0.6 is 11.3 Å². The first-order valence-corrected chi connectivity index (χ1v) is 8.49. The second-order valence-corrected chi connectivity index (χ2v) is 6.46. The summed E-state index contributed by atoms with van der Waals surface area (Å²) in [5.41, 5.74) is 1.77. The van der Waals surface area contributed by atoms with Crippen LogP contribution in [0, 0.1) is 0 Å². The minimum absolute atomic E-state index is 0.691. The Kier molecular flexibility index (Phi) is 3.07. The van der Waals surface area contributed by atoms with Crippen molar-refractivity contribution in [1.82, 2.24) is 19.8 Å². The molecule has 0 atom stereocenters. The van der Waals surface area contributed by atoms with Crippen LogP contribution in [-0.4, -0.2) is 26.9 Å². The number of hydrogen-bond acceptors (Lipinski definition) is 6. The van der Waals surface area contributed by atoms with E-state index in [9.17, 15) is 0 Å². The molecule has 0 spiro atoms. The highest BCUT2D eigenvalue weighted by molar-refractivity contribution is 7.19. The molecule has 2 aromatic carbocycles. The molecule has 3 heterocycles. The van der Waals surface area contributed by atoms with E-state index in [1.165, 1.54) is 11.3 Å². The largest absolute Gasteiger partial charge is 0.497 e. The van der Waals surface area contributed by atoms with E-state index in [2.05, 4.69) is 15.3 Å². The molecule has 0 N–H and O–H groups in total. The lowest BCUT2D eigenvalue weighted by Crippen LogP contribution is -1.91. The zero-order chi connectivity index (χ0) is 16.8. The molecule has 6 nitrogen and oxygen atoms in total. The molecule has 0 amide bonds. The molecule has 0 bridgehead atoms. The van der Waals surface area contributed by atoms with Crippen molar-refractivity contribution >= 4 is 27.3 Å². The van der Waals surface area contributed by atoms with Crippen LogP contribution in [0.5, 0.6) is 5.75 Å². The van der Waals surface area contributed by atoms with Gasteiger partial charge in [0.2, 0.25) is 4.96 Å². The van der Waals surface area contributed by atoms with Gasteiger partial charge in [0.25, 0.3) is 0 Å². The fourth-order valence-corrected chi connectivity index (χ4v) is 3.52. The van der Waals surface area contributed by atoms with Gasteiger partial charge in [0.05, 0.1) is 7.11 Å². The van der Waals surface area contributed by atoms with Crippen LogP contribution in [0.1, 0.15) is 0 Å². The monoisotopic (exact) mass is 348 g/mol. The normalized spacial score (nSPS) is 11.4. The van der Waals surface area contributed by atoms with Gasteiger partial charge < -0.3 is 9.15 Å². The van der Waals surface area contributed by atoms with Crippen LogP contribution in [0.15, 0.2) is 59.0 Å². The molecule has 0 fully saturated rings. The summed E-state index contributed by atoms with van der Waals surface area (Å²) < 4.78 is 12.8. The molecular formula is C18H12N4O2S. The first-order chi connectivity index (χ1) is 12.3. The minimum atomic E-state index is 0.691. The van der Waals surface area contributed by atoms with Crippen LogP contribution in [-0.2, 0) is 0 Å². The molecule has 122 valence electrons. The van der Waals surface area contributed by atoms with Gasteiger partial charge >= 0.3 is 0 Å². The number of methoxy groups -OCH3 is 1. The lowest BCUT2D eigenvalue weighted by atomic mass is 10.2. The minimum Gasteiger partial charge on any atom is -0.497 e. The topological polar surface area (TPSA) is 65.5 Å². The quantitative estimate of drug-likeness (QED) is 0.487. The Hall–Kier alpha value is -3.19. The number of furan rings is 1. The first-order valence-electron chi connectivity index (χ1n) is 7.67. The SMILES string of the molecule is COc1ccc(-c2nnc3sc(-c4cc5ccccc5o4)nn23)cc1. The van der Waals surface area contributed by atoms with E-state index >= 15 is 0 Å². The molecule has 5 rings (SSSR count). The predicted octanol–water partition coefficient (Wildman–Crippen LogP) is 4.27. The van der Waals surface area contributed by atoms with Gasteiger partial charge in [-0.05, 0) is 36.4 Å². The standard InChI is InChI=1S/C18H12N4O2S/c1-23-13-8-6-11(7-9-13)16-19-20-18-22(16)21-17(25-18)15-10-12-4-2-3-5-14(12)24-15/h2-10H,1H3. The van der Waals surface area contributed by atoms with E-state index in [1.807, 2.05) is 54.6 Å². The Labute approximate surface area is 146 Å². The Morgan fingerprint density at radius 3 is 2.68 bits per heavy atom. The van der Waals surface area contributed by atoms with E-state index in [0.29, 0.717) is 5.82 Å². The van der Waals surface area contributed by atoms with Crippen LogP contribution < -0.4 is 4.74 Å². The maximum absolute atomic E-state index is 5.90. The molecule has 0 aliphatic rings. The maximum Gasteiger partial charge on any atom is 0.235 e. The summed E-state index contributed by atoms with van der Waals surface area (Å²) >= 11 is 1.45. The summed E-state index contributed by atoms with van der Waals surface area (Å²) in [5.74, 6) is 2.22. The van der Waals surface area contributed by atoms with E-state index in [-0.39, 0.29) is 0 Å². The first kappa shape index (κ1) is 14.2. The molecule has 0 saturated carbocycles. The number of benzene rings is 2. The van der Waals surface area contributed by atoms with Crippen molar-refractivity contribution < 1.29 is 9.15 Å². The van der Waals surface area contributed by atoms with Crippen molar-refractivity contribution in [2.75, 3.05) is 7.11 Å². The Morgan fingerprint density at radius 1 is 1.04 bits per heavy atom. The summed E-state index contributed by atoms with van der Waals surface area (Å²) in [6.45, 7) is 0. The average molecular weight is 348 g/mol. The van der Waals surface area contributed by atoms with Gasteiger partial charge in [0.1, 0.15) is 11.3 Å². The van der Waals surface area contributed by atoms with E-state index < -0.39 is 0 Å². The zero-order valence-corrected chi connectivity index (χ0v) is 14.0. The molecule has 0 saturated heterocycles. The van der Waals surface area contributed by atoms with Gasteiger partial charge in [0, 0.05) is 10.9 Å². The molecule has 0 aliphatic carbocycles. The molecule has 0 unspecified atom stereocenters. The molecule has 0 radical (unpaired) electrons. The van der Waals surface area contributed by atoms with Crippen LogP contribution in [0.25, 0.3) is 38.1 Å². The number of rotatable bonds is 3. The van der Waals surface area contributed by atoms with Crippen LogP contribution in [0.2, 0.25) is 0 Å². The molecule has 3 aromatic heterocycles. The summed E-state index contributed by atoms with van der Waals surface area (Å²) in [4.78, 5) is 0.723.